The van der Waals surface area contributed by atoms with Crippen LogP contribution < -0.4 is 0 Å². The van der Waals surface area contributed by atoms with Gasteiger partial charge in [-0.05, 0) is 64.9 Å². The van der Waals surface area contributed by atoms with Gasteiger partial charge in [-0.25, -0.2) is 4.79 Å². The summed E-state index contributed by atoms with van der Waals surface area (Å²) >= 11 is 0. The Kier molecular flexibility index (Phi) is 6.34. The third kappa shape index (κ3) is 4.62. The zero-order chi connectivity index (χ0) is 21.8. The number of ether oxygens (including phenoxy) is 1. The first-order chi connectivity index (χ1) is 15.1. The molecule has 0 aromatic heterocycles. The number of carbonyl (C=O) groups is 1. The fourth-order valence-electron chi connectivity index (χ4n) is 4.55. The molecule has 31 heavy (non-hydrogen) atoms. The van der Waals surface area contributed by atoms with Crippen molar-refractivity contribution in [2.24, 2.45) is 5.92 Å². The molecule has 0 bridgehead atoms. The van der Waals surface area contributed by atoms with Gasteiger partial charge in [-0.3, -0.25) is 4.90 Å². The summed E-state index contributed by atoms with van der Waals surface area (Å²) in [5.74, 6) is 0.0999. The minimum absolute atomic E-state index is 0.283. The summed E-state index contributed by atoms with van der Waals surface area (Å²) in [6, 6.07) is 27.2. The van der Waals surface area contributed by atoms with Crippen LogP contribution in [-0.2, 0) is 17.7 Å². The lowest BCUT2D eigenvalue weighted by Crippen LogP contribution is -2.27. The number of hydrogen-bond acceptors (Lipinski definition) is 3. The molecule has 4 rings (SSSR count). The van der Waals surface area contributed by atoms with Crippen molar-refractivity contribution in [3.63, 3.8) is 0 Å². The van der Waals surface area contributed by atoms with Gasteiger partial charge in [-0.1, -0.05) is 73.7 Å². The van der Waals surface area contributed by atoms with E-state index in [1.807, 2.05) is 12.1 Å². The molecule has 3 aromatic rings. The molecule has 3 aromatic carbocycles. The number of carbonyl (C=O) groups excluding carboxylic acids is 1. The van der Waals surface area contributed by atoms with Crippen LogP contribution in [0.5, 0.6) is 0 Å². The van der Waals surface area contributed by atoms with Gasteiger partial charge < -0.3 is 4.74 Å². The Bertz CT molecular complexity index is 1090. The number of likely N-dealkylation sites (N-methyl/N-ethyl adjacent to an activating group) is 1. The fraction of sp³-hybridized carbons (Fsp3) is 0.250. The van der Waals surface area contributed by atoms with Crippen LogP contribution in [0.25, 0.3) is 5.57 Å². The highest BCUT2D eigenvalue weighted by molar-refractivity contribution is 5.92. The fourth-order valence-corrected chi connectivity index (χ4v) is 4.55. The molecule has 0 saturated heterocycles. The van der Waals surface area contributed by atoms with Crippen molar-refractivity contribution in [3.8, 4) is 0 Å². The monoisotopic (exact) mass is 411 g/mol. The number of hydrogen-bond donors (Lipinski definition) is 0. The molecule has 3 heteroatoms. The topological polar surface area (TPSA) is 29.5 Å². The van der Waals surface area contributed by atoms with Gasteiger partial charge in [0.15, 0.2) is 0 Å². The Balaban J connectivity index is 1.75. The molecule has 0 saturated carbocycles. The number of fused-ring (bicyclic) bond motifs is 1. The zero-order valence-corrected chi connectivity index (χ0v) is 18.5. The Morgan fingerprint density at radius 1 is 0.968 bits per heavy atom. The molecule has 1 unspecified atom stereocenters. The van der Waals surface area contributed by atoms with Crippen molar-refractivity contribution in [1.29, 1.82) is 0 Å². The Morgan fingerprint density at radius 2 is 1.65 bits per heavy atom. The van der Waals surface area contributed by atoms with Gasteiger partial charge in [0.05, 0.1) is 12.7 Å². The molecular weight excluding hydrogens is 382 g/mol. The summed E-state index contributed by atoms with van der Waals surface area (Å²) in [5, 5.41) is 0. The Morgan fingerprint density at radius 3 is 2.32 bits per heavy atom. The zero-order valence-electron chi connectivity index (χ0n) is 18.5. The van der Waals surface area contributed by atoms with E-state index in [-0.39, 0.29) is 5.97 Å². The van der Waals surface area contributed by atoms with E-state index in [9.17, 15) is 4.79 Å². The third-order valence-corrected chi connectivity index (χ3v) is 6.04. The lowest BCUT2D eigenvalue weighted by Gasteiger charge is -2.32. The number of esters is 1. The van der Waals surface area contributed by atoms with Gasteiger partial charge in [0, 0.05) is 13.1 Å². The van der Waals surface area contributed by atoms with E-state index in [0.29, 0.717) is 11.5 Å². The first kappa shape index (κ1) is 21.1. The average molecular weight is 412 g/mol. The van der Waals surface area contributed by atoms with E-state index in [1.165, 1.54) is 40.5 Å². The van der Waals surface area contributed by atoms with Crippen molar-refractivity contribution in [1.82, 2.24) is 4.90 Å². The normalized spacial score (nSPS) is 15.7. The van der Waals surface area contributed by atoms with Crippen LogP contribution in [-0.4, -0.2) is 31.6 Å². The number of rotatable bonds is 6. The largest absolute Gasteiger partial charge is 0.465 e. The van der Waals surface area contributed by atoms with Crippen LogP contribution >= 0.6 is 0 Å². The Labute approximate surface area is 185 Å². The summed E-state index contributed by atoms with van der Waals surface area (Å²) in [5.41, 5.74) is 8.34. The molecule has 0 N–H and O–H groups in total. The molecule has 1 aliphatic carbocycles. The summed E-state index contributed by atoms with van der Waals surface area (Å²) in [6.45, 7) is 4.11. The number of benzene rings is 3. The van der Waals surface area contributed by atoms with Gasteiger partial charge >= 0.3 is 5.97 Å². The smallest absolute Gasteiger partial charge is 0.337 e. The molecule has 0 fully saturated rings. The van der Waals surface area contributed by atoms with Gasteiger partial charge in [0.2, 0.25) is 0 Å². The van der Waals surface area contributed by atoms with Crippen LogP contribution in [0.1, 0.15) is 39.5 Å². The molecule has 0 amide bonds. The quantitative estimate of drug-likeness (QED) is 0.495. The van der Waals surface area contributed by atoms with Gasteiger partial charge in [-0.2, -0.15) is 0 Å². The maximum atomic E-state index is 12.1. The van der Waals surface area contributed by atoms with Crippen molar-refractivity contribution in [2.75, 3.05) is 20.7 Å². The maximum Gasteiger partial charge on any atom is 0.337 e. The second-order valence-corrected chi connectivity index (χ2v) is 8.39. The standard InChI is InChI=1S/C28H29NO2/c1-20-16-24-17-23(28(30)31-3)14-15-25(24)27(22-12-8-5-9-13-22)26(20)19-29(2)18-21-10-6-4-7-11-21/h4-15,17,20H,16,18-19H2,1-3H3. The Hall–Kier alpha value is -3.17. The molecule has 1 aliphatic rings. The van der Waals surface area contributed by atoms with E-state index in [0.717, 1.165) is 19.5 Å². The minimum atomic E-state index is -0.283. The summed E-state index contributed by atoms with van der Waals surface area (Å²) in [4.78, 5) is 14.5. The summed E-state index contributed by atoms with van der Waals surface area (Å²) < 4.78 is 4.94. The summed E-state index contributed by atoms with van der Waals surface area (Å²) in [7, 11) is 3.62. The van der Waals surface area contributed by atoms with Crippen molar-refractivity contribution in [3.05, 3.63) is 112 Å². The SMILES string of the molecule is COC(=O)c1ccc2c(c1)CC(C)C(CN(C)Cc1ccccc1)=C2c1ccccc1. The lowest BCUT2D eigenvalue weighted by atomic mass is 9.76. The van der Waals surface area contributed by atoms with Crippen molar-refractivity contribution in [2.45, 2.75) is 19.9 Å². The molecular formula is C28H29NO2. The second kappa shape index (κ2) is 9.32. The predicted molar refractivity (Wildman–Crippen MR) is 126 cm³/mol. The summed E-state index contributed by atoms with van der Waals surface area (Å²) in [6.07, 6.45) is 0.922. The third-order valence-electron chi connectivity index (χ3n) is 6.04. The minimum Gasteiger partial charge on any atom is -0.465 e. The maximum absolute atomic E-state index is 12.1. The highest BCUT2D eigenvalue weighted by Crippen LogP contribution is 2.39. The van der Waals surface area contributed by atoms with E-state index < -0.39 is 0 Å². The first-order valence-corrected chi connectivity index (χ1v) is 10.8. The average Bonchev–Trinajstić information content (AvgIpc) is 2.80. The molecule has 3 nitrogen and oxygen atoms in total. The van der Waals surface area contributed by atoms with E-state index in [2.05, 4.69) is 85.6 Å². The van der Waals surface area contributed by atoms with Crippen LogP contribution in [0.2, 0.25) is 0 Å². The molecule has 158 valence electrons. The molecule has 0 radical (unpaired) electrons. The second-order valence-electron chi connectivity index (χ2n) is 8.39. The van der Waals surface area contributed by atoms with Gasteiger partial charge in [-0.15, -0.1) is 0 Å². The first-order valence-electron chi connectivity index (χ1n) is 10.8. The van der Waals surface area contributed by atoms with Gasteiger partial charge in [0.1, 0.15) is 0 Å². The predicted octanol–water partition coefficient (Wildman–Crippen LogP) is 5.60. The molecule has 0 heterocycles. The van der Waals surface area contributed by atoms with Crippen molar-refractivity contribution >= 4 is 11.5 Å². The van der Waals surface area contributed by atoms with Crippen LogP contribution in [0, 0.1) is 5.92 Å². The number of nitrogens with zero attached hydrogens (tertiary/aromatic N) is 1. The van der Waals surface area contributed by atoms with Crippen LogP contribution in [0.15, 0.2) is 84.4 Å². The van der Waals surface area contributed by atoms with Crippen LogP contribution in [0.3, 0.4) is 0 Å². The highest BCUT2D eigenvalue weighted by atomic mass is 16.5. The molecule has 1 atom stereocenters. The van der Waals surface area contributed by atoms with E-state index in [1.54, 1.807) is 0 Å². The van der Waals surface area contributed by atoms with Crippen LogP contribution in [0.4, 0.5) is 0 Å². The van der Waals surface area contributed by atoms with Gasteiger partial charge in [0.25, 0.3) is 0 Å². The lowest BCUT2D eigenvalue weighted by molar-refractivity contribution is 0.0600. The van der Waals surface area contributed by atoms with E-state index >= 15 is 0 Å². The number of methoxy groups -OCH3 is 1. The van der Waals surface area contributed by atoms with E-state index in [4.69, 9.17) is 4.74 Å². The molecule has 0 spiro atoms. The van der Waals surface area contributed by atoms with Crippen molar-refractivity contribution < 1.29 is 9.53 Å². The molecule has 0 aliphatic heterocycles. The highest BCUT2D eigenvalue weighted by Gasteiger charge is 2.27.